The summed E-state index contributed by atoms with van der Waals surface area (Å²) >= 11 is 0. The van der Waals surface area contributed by atoms with Crippen molar-refractivity contribution in [3.8, 4) is 0 Å². The summed E-state index contributed by atoms with van der Waals surface area (Å²) in [4.78, 5) is 14.5. The van der Waals surface area contributed by atoms with E-state index >= 15 is 0 Å². The van der Waals surface area contributed by atoms with Crippen LogP contribution in [0.5, 0.6) is 0 Å². The molecule has 7 nitrogen and oxygen atoms in total. The van der Waals surface area contributed by atoms with Gasteiger partial charge >= 0.3 is 0 Å². The van der Waals surface area contributed by atoms with Crippen molar-refractivity contribution in [3.05, 3.63) is 23.5 Å². The van der Waals surface area contributed by atoms with Crippen LogP contribution in [0.25, 0.3) is 0 Å². The molecule has 0 aromatic heterocycles. The number of nitrogens with zero attached hydrogens (tertiary/aromatic N) is 1. The SMILES string of the molecule is C/C=C(\C=C(/CC)C(=O)NCC(O)CN(C)CCCCC)OCCNCCN. The van der Waals surface area contributed by atoms with Gasteiger partial charge < -0.3 is 31.1 Å². The smallest absolute Gasteiger partial charge is 0.247 e. The van der Waals surface area contributed by atoms with Gasteiger partial charge in [-0.05, 0) is 45.5 Å². The van der Waals surface area contributed by atoms with Crippen molar-refractivity contribution in [2.24, 2.45) is 5.73 Å². The molecule has 0 rings (SSSR count). The molecule has 0 heterocycles. The van der Waals surface area contributed by atoms with Crippen LogP contribution in [-0.4, -0.2) is 74.9 Å². The molecule has 1 amide bonds. The van der Waals surface area contributed by atoms with Gasteiger partial charge in [-0.15, -0.1) is 0 Å². The summed E-state index contributed by atoms with van der Waals surface area (Å²) < 4.78 is 5.69. The number of hydrogen-bond donors (Lipinski definition) is 4. The van der Waals surface area contributed by atoms with E-state index in [0.29, 0.717) is 44.0 Å². The van der Waals surface area contributed by atoms with Crippen molar-refractivity contribution < 1.29 is 14.6 Å². The standard InChI is InChI=1S/C21H42N4O3/c1-5-8-9-13-25(4)17-19(26)16-24-21(27)18(6-2)15-20(7-3)28-14-12-23-11-10-22/h7,15,19,23,26H,5-6,8-14,16-17,22H2,1-4H3,(H,24,27)/b18-15+,20-7+. The van der Waals surface area contributed by atoms with Gasteiger partial charge in [0.2, 0.25) is 5.91 Å². The molecule has 0 fully saturated rings. The molecule has 5 N–H and O–H groups in total. The number of ether oxygens (including phenoxy) is 1. The zero-order valence-electron chi connectivity index (χ0n) is 18.3. The van der Waals surface area contributed by atoms with E-state index in [4.69, 9.17) is 10.5 Å². The minimum atomic E-state index is -0.584. The second kappa shape index (κ2) is 17.7. The Labute approximate surface area is 171 Å². The van der Waals surface area contributed by atoms with E-state index in [1.165, 1.54) is 12.8 Å². The molecule has 0 aromatic rings. The van der Waals surface area contributed by atoms with Crippen LogP contribution in [0.1, 0.15) is 46.5 Å². The topological polar surface area (TPSA) is 99.8 Å². The van der Waals surface area contributed by atoms with E-state index < -0.39 is 6.10 Å². The second-order valence-electron chi connectivity index (χ2n) is 6.93. The Morgan fingerprint density at radius 2 is 2.04 bits per heavy atom. The van der Waals surface area contributed by atoms with Gasteiger partial charge in [0.15, 0.2) is 0 Å². The lowest BCUT2D eigenvalue weighted by Gasteiger charge is -2.21. The summed E-state index contributed by atoms with van der Waals surface area (Å²) in [5.74, 6) is 0.497. The lowest BCUT2D eigenvalue weighted by Crippen LogP contribution is -2.39. The Hall–Kier alpha value is -1.41. The van der Waals surface area contributed by atoms with Crippen molar-refractivity contribution in [1.82, 2.24) is 15.5 Å². The fraction of sp³-hybridized carbons (Fsp3) is 0.762. The van der Waals surface area contributed by atoms with Crippen molar-refractivity contribution in [1.29, 1.82) is 0 Å². The Morgan fingerprint density at radius 1 is 1.29 bits per heavy atom. The molecule has 0 radical (unpaired) electrons. The van der Waals surface area contributed by atoms with Gasteiger partial charge in [-0.3, -0.25) is 4.79 Å². The number of unbranched alkanes of at least 4 members (excludes halogenated alkanes) is 2. The van der Waals surface area contributed by atoms with Gasteiger partial charge in [-0.25, -0.2) is 0 Å². The highest BCUT2D eigenvalue weighted by molar-refractivity contribution is 5.93. The molecule has 0 aliphatic carbocycles. The first-order valence-electron chi connectivity index (χ1n) is 10.5. The molecule has 0 saturated carbocycles. The summed E-state index contributed by atoms with van der Waals surface area (Å²) in [6.45, 7) is 10.3. The van der Waals surface area contributed by atoms with Crippen LogP contribution in [0.15, 0.2) is 23.5 Å². The van der Waals surface area contributed by atoms with Gasteiger partial charge in [-0.1, -0.05) is 26.7 Å². The lowest BCUT2D eigenvalue weighted by atomic mass is 10.1. The first-order valence-corrected chi connectivity index (χ1v) is 10.5. The Bertz CT molecular complexity index is 467. The van der Waals surface area contributed by atoms with Gasteiger partial charge in [-0.2, -0.15) is 0 Å². The fourth-order valence-electron chi connectivity index (χ4n) is 2.65. The molecule has 0 spiro atoms. The van der Waals surface area contributed by atoms with Crippen LogP contribution in [0.4, 0.5) is 0 Å². The predicted octanol–water partition coefficient (Wildman–Crippen LogP) is 1.39. The third-order valence-electron chi connectivity index (χ3n) is 4.31. The van der Waals surface area contributed by atoms with Crippen LogP contribution >= 0.6 is 0 Å². The van der Waals surface area contributed by atoms with E-state index in [2.05, 4.69) is 22.5 Å². The first-order chi connectivity index (χ1) is 13.5. The third-order valence-corrected chi connectivity index (χ3v) is 4.31. The molecule has 7 heteroatoms. The minimum Gasteiger partial charge on any atom is -0.493 e. The van der Waals surface area contributed by atoms with Crippen molar-refractivity contribution in [2.45, 2.75) is 52.6 Å². The van der Waals surface area contributed by atoms with E-state index in [0.717, 1.165) is 19.5 Å². The summed E-state index contributed by atoms with van der Waals surface area (Å²) in [7, 11) is 2.00. The quantitative estimate of drug-likeness (QED) is 0.128. The number of nitrogens with one attached hydrogen (secondary N) is 2. The number of hydrogen-bond acceptors (Lipinski definition) is 6. The molecule has 164 valence electrons. The number of carbonyl (C=O) groups is 1. The molecule has 28 heavy (non-hydrogen) atoms. The summed E-state index contributed by atoms with van der Waals surface area (Å²) in [6, 6.07) is 0. The molecule has 0 aliphatic heterocycles. The van der Waals surface area contributed by atoms with Crippen LogP contribution in [0.2, 0.25) is 0 Å². The highest BCUT2D eigenvalue weighted by Gasteiger charge is 2.13. The molecule has 0 bridgehead atoms. The molecular weight excluding hydrogens is 356 g/mol. The monoisotopic (exact) mass is 398 g/mol. The van der Waals surface area contributed by atoms with E-state index in [1.807, 2.05) is 27.0 Å². The van der Waals surface area contributed by atoms with Crippen molar-refractivity contribution >= 4 is 5.91 Å². The number of aliphatic hydroxyl groups excluding tert-OH is 1. The number of aliphatic hydroxyl groups is 1. The highest BCUT2D eigenvalue weighted by atomic mass is 16.5. The van der Waals surface area contributed by atoms with E-state index in [-0.39, 0.29) is 12.5 Å². The Morgan fingerprint density at radius 3 is 2.64 bits per heavy atom. The van der Waals surface area contributed by atoms with Crippen molar-refractivity contribution in [2.75, 3.05) is 52.9 Å². The number of nitrogens with two attached hydrogens (primary N) is 1. The number of allylic oxidation sites excluding steroid dienone is 2. The van der Waals surface area contributed by atoms with Crippen LogP contribution < -0.4 is 16.4 Å². The van der Waals surface area contributed by atoms with Gasteiger partial charge in [0.25, 0.3) is 0 Å². The van der Waals surface area contributed by atoms with E-state index in [1.54, 1.807) is 6.08 Å². The zero-order valence-corrected chi connectivity index (χ0v) is 18.3. The molecule has 0 aromatic carbocycles. The maximum Gasteiger partial charge on any atom is 0.247 e. The number of likely N-dealkylation sites (N-methyl/N-ethyl adjacent to an activating group) is 1. The minimum absolute atomic E-state index is 0.167. The average Bonchev–Trinajstić information content (AvgIpc) is 2.68. The number of carbonyl (C=O) groups excluding carboxylic acids is 1. The molecular formula is C21H42N4O3. The highest BCUT2D eigenvalue weighted by Crippen LogP contribution is 2.08. The van der Waals surface area contributed by atoms with Gasteiger partial charge in [0.1, 0.15) is 12.4 Å². The average molecular weight is 399 g/mol. The van der Waals surface area contributed by atoms with Crippen molar-refractivity contribution in [3.63, 3.8) is 0 Å². The predicted molar refractivity (Wildman–Crippen MR) is 116 cm³/mol. The van der Waals surface area contributed by atoms with Crippen LogP contribution in [0, 0.1) is 0 Å². The fourth-order valence-corrected chi connectivity index (χ4v) is 2.65. The van der Waals surface area contributed by atoms with Gasteiger partial charge in [0.05, 0.1) is 6.10 Å². The summed E-state index contributed by atoms with van der Waals surface area (Å²) in [5.41, 5.74) is 6.06. The first kappa shape index (κ1) is 26.6. The van der Waals surface area contributed by atoms with Gasteiger partial charge in [0, 0.05) is 38.3 Å². The number of rotatable bonds is 17. The maximum absolute atomic E-state index is 12.4. The lowest BCUT2D eigenvalue weighted by molar-refractivity contribution is -0.118. The van der Waals surface area contributed by atoms with Crippen LogP contribution in [0.3, 0.4) is 0 Å². The van der Waals surface area contributed by atoms with E-state index in [9.17, 15) is 9.90 Å². The molecule has 0 aliphatic rings. The normalized spacial score (nSPS) is 13.7. The second-order valence-corrected chi connectivity index (χ2v) is 6.93. The van der Waals surface area contributed by atoms with Crippen LogP contribution in [-0.2, 0) is 9.53 Å². The summed E-state index contributed by atoms with van der Waals surface area (Å²) in [5, 5.41) is 16.2. The Balaban J connectivity index is 4.38. The molecule has 0 saturated heterocycles. The third kappa shape index (κ3) is 13.7. The summed E-state index contributed by atoms with van der Waals surface area (Å²) in [6.07, 6.45) is 7.11. The largest absolute Gasteiger partial charge is 0.493 e. The maximum atomic E-state index is 12.4. The Kier molecular flexibility index (Phi) is 16.8. The zero-order chi connectivity index (χ0) is 21.2. The number of amides is 1. The molecule has 1 unspecified atom stereocenters. The molecule has 1 atom stereocenters.